The zero-order valence-corrected chi connectivity index (χ0v) is 6.43. The highest BCUT2D eigenvalue weighted by atomic mass is 14.6. The quantitative estimate of drug-likeness (QED) is 0.592. The van der Waals surface area contributed by atoms with E-state index in [0.717, 1.165) is 19.3 Å². The SMILES string of the molecule is C[C@H](N)CCC[C@H](C)N. The van der Waals surface area contributed by atoms with Gasteiger partial charge < -0.3 is 11.5 Å². The summed E-state index contributed by atoms with van der Waals surface area (Å²) in [7, 11) is 0. The van der Waals surface area contributed by atoms with Crippen molar-refractivity contribution in [3.63, 3.8) is 0 Å². The molecule has 0 fully saturated rings. The zero-order chi connectivity index (χ0) is 7.28. The molecule has 0 heterocycles. The fraction of sp³-hybridized carbons (Fsp3) is 1.00. The molecule has 56 valence electrons. The molecular weight excluding hydrogens is 112 g/mol. The van der Waals surface area contributed by atoms with Crippen molar-refractivity contribution in [2.45, 2.75) is 45.2 Å². The zero-order valence-electron chi connectivity index (χ0n) is 6.43. The van der Waals surface area contributed by atoms with Crippen molar-refractivity contribution in [2.24, 2.45) is 11.5 Å². The summed E-state index contributed by atoms with van der Waals surface area (Å²) in [4.78, 5) is 0. The third kappa shape index (κ3) is 7.92. The van der Waals surface area contributed by atoms with Crippen LogP contribution >= 0.6 is 0 Å². The molecule has 0 saturated heterocycles. The molecule has 0 aromatic carbocycles. The second kappa shape index (κ2) is 4.77. The molecule has 0 saturated carbocycles. The van der Waals surface area contributed by atoms with Crippen LogP contribution in [0.1, 0.15) is 33.1 Å². The van der Waals surface area contributed by atoms with Crippen LogP contribution in [-0.4, -0.2) is 12.1 Å². The van der Waals surface area contributed by atoms with Gasteiger partial charge in [0.05, 0.1) is 0 Å². The van der Waals surface area contributed by atoms with E-state index in [0.29, 0.717) is 12.1 Å². The largest absolute Gasteiger partial charge is 0.328 e. The fourth-order valence-electron chi connectivity index (χ4n) is 0.762. The maximum atomic E-state index is 5.54. The Morgan fingerprint density at radius 2 is 1.33 bits per heavy atom. The van der Waals surface area contributed by atoms with Crippen LogP contribution in [-0.2, 0) is 0 Å². The number of nitrogens with two attached hydrogens (primary N) is 2. The summed E-state index contributed by atoms with van der Waals surface area (Å²) in [6.07, 6.45) is 3.36. The number of hydrogen-bond donors (Lipinski definition) is 2. The summed E-state index contributed by atoms with van der Waals surface area (Å²) < 4.78 is 0. The molecule has 2 nitrogen and oxygen atoms in total. The second-order valence-corrected chi connectivity index (χ2v) is 2.89. The van der Waals surface area contributed by atoms with Crippen molar-refractivity contribution in [2.75, 3.05) is 0 Å². The summed E-state index contributed by atoms with van der Waals surface area (Å²) in [5.74, 6) is 0. The van der Waals surface area contributed by atoms with Gasteiger partial charge in [-0.2, -0.15) is 0 Å². The average molecular weight is 130 g/mol. The monoisotopic (exact) mass is 130 g/mol. The molecule has 0 amide bonds. The van der Waals surface area contributed by atoms with E-state index in [1.54, 1.807) is 0 Å². The van der Waals surface area contributed by atoms with Crippen LogP contribution in [0.4, 0.5) is 0 Å². The first-order chi connectivity index (χ1) is 4.13. The first kappa shape index (κ1) is 8.92. The summed E-state index contributed by atoms with van der Waals surface area (Å²) in [6, 6.07) is 0.674. The molecule has 0 aliphatic rings. The van der Waals surface area contributed by atoms with Gasteiger partial charge in [-0.25, -0.2) is 0 Å². The minimum atomic E-state index is 0.337. The average Bonchev–Trinajstić information content (AvgIpc) is 1.63. The van der Waals surface area contributed by atoms with Gasteiger partial charge in [0.1, 0.15) is 0 Å². The van der Waals surface area contributed by atoms with Crippen molar-refractivity contribution < 1.29 is 0 Å². The summed E-state index contributed by atoms with van der Waals surface area (Å²) in [6.45, 7) is 4.06. The Hall–Kier alpha value is -0.0800. The van der Waals surface area contributed by atoms with Crippen molar-refractivity contribution >= 4 is 0 Å². The van der Waals surface area contributed by atoms with Crippen molar-refractivity contribution in [3.05, 3.63) is 0 Å². The molecule has 0 aliphatic carbocycles. The Morgan fingerprint density at radius 3 is 1.56 bits per heavy atom. The van der Waals surface area contributed by atoms with E-state index in [4.69, 9.17) is 11.5 Å². The van der Waals surface area contributed by atoms with E-state index in [1.165, 1.54) is 0 Å². The Bertz CT molecular complexity index is 51.9. The third-order valence-corrected chi connectivity index (χ3v) is 1.32. The van der Waals surface area contributed by atoms with Crippen LogP contribution in [0.5, 0.6) is 0 Å². The van der Waals surface area contributed by atoms with Crippen LogP contribution in [0.15, 0.2) is 0 Å². The van der Waals surface area contributed by atoms with Crippen LogP contribution in [0.2, 0.25) is 0 Å². The van der Waals surface area contributed by atoms with Gasteiger partial charge in [-0.15, -0.1) is 0 Å². The lowest BCUT2D eigenvalue weighted by Gasteiger charge is -2.05. The smallest absolute Gasteiger partial charge is 0.00104 e. The summed E-state index contributed by atoms with van der Waals surface area (Å²) in [5, 5.41) is 0. The number of hydrogen-bond acceptors (Lipinski definition) is 2. The minimum Gasteiger partial charge on any atom is -0.328 e. The summed E-state index contributed by atoms with van der Waals surface area (Å²) in [5.41, 5.74) is 11.1. The highest BCUT2D eigenvalue weighted by molar-refractivity contribution is 4.57. The number of rotatable bonds is 4. The molecule has 0 spiro atoms. The fourth-order valence-corrected chi connectivity index (χ4v) is 0.762. The van der Waals surface area contributed by atoms with E-state index in [1.807, 2.05) is 13.8 Å². The Balaban J connectivity index is 2.91. The van der Waals surface area contributed by atoms with Gasteiger partial charge in [0.2, 0.25) is 0 Å². The molecule has 2 atom stereocenters. The molecule has 0 aromatic heterocycles. The molecule has 9 heavy (non-hydrogen) atoms. The molecule has 0 aliphatic heterocycles. The summed E-state index contributed by atoms with van der Waals surface area (Å²) >= 11 is 0. The van der Waals surface area contributed by atoms with E-state index in [-0.39, 0.29) is 0 Å². The van der Waals surface area contributed by atoms with Gasteiger partial charge in [-0.3, -0.25) is 0 Å². The lowest BCUT2D eigenvalue weighted by Crippen LogP contribution is -2.18. The normalized spacial score (nSPS) is 17.3. The predicted octanol–water partition coefficient (Wildman–Crippen LogP) is 0.851. The Kier molecular flexibility index (Phi) is 4.72. The first-order valence-corrected chi connectivity index (χ1v) is 3.64. The van der Waals surface area contributed by atoms with Crippen LogP contribution in [0.25, 0.3) is 0 Å². The topological polar surface area (TPSA) is 52.0 Å². The molecular formula is C7H18N2. The maximum absolute atomic E-state index is 5.54. The van der Waals surface area contributed by atoms with Gasteiger partial charge in [0, 0.05) is 12.1 Å². The van der Waals surface area contributed by atoms with Crippen LogP contribution in [0.3, 0.4) is 0 Å². The van der Waals surface area contributed by atoms with Gasteiger partial charge in [-0.05, 0) is 26.7 Å². The minimum absolute atomic E-state index is 0.337. The molecule has 0 unspecified atom stereocenters. The molecule has 4 N–H and O–H groups in total. The van der Waals surface area contributed by atoms with Crippen LogP contribution < -0.4 is 11.5 Å². The Morgan fingerprint density at radius 1 is 1.00 bits per heavy atom. The van der Waals surface area contributed by atoms with Crippen molar-refractivity contribution in [1.82, 2.24) is 0 Å². The Labute approximate surface area is 57.6 Å². The maximum Gasteiger partial charge on any atom is 0.00104 e. The third-order valence-electron chi connectivity index (χ3n) is 1.32. The molecule has 0 radical (unpaired) electrons. The predicted molar refractivity (Wildman–Crippen MR) is 41.1 cm³/mol. The molecule has 0 rings (SSSR count). The molecule has 2 heteroatoms. The molecule has 0 bridgehead atoms. The first-order valence-electron chi connectivity index (χ1n) is 3.64. The second-order valence-electron chi connectivity index (χ2n) is 2.89. The van der Waals surface area contributed by atoms with Gasteiger partial charge in [-0.1, -0.05) is 6.42 Å². The standard InChI is InChI=1S/C7H18N2/c1-6(8)4-3-5-7(2)9/h6-7H,3-5,8-9H2,1-2H3/t6-,7-/m0/s1. The lowest BCUT2D eigenvalue weighted by molar-refractivity contribution is 0.554. The van der Waals surface area contributed by atoms with Crippen LogP contribution in [0, 0.1) is 0 Å². The van der Waals surface area contributed by atoms with E-state index in [9.17, 15) is 0 Å². The van der Waals surface area contributed by atoms with Crippen molar-refractivity contribution in [1.29, 1.82) is 0 Å². The van der Waals surface area contributed by atoms with E-state index < -0.39 is 0 Å². The highest BCUT2D eigenvalue weighted by Gasteiger charge is 1.96. The van der Waals surface area contributed by atoms with E-state index >= 15 is 0 Å². The van der Waals surface area contributed by atoms with Crippen molar-refractivity contribution in [3.8, 4) is 0 Å². The highest BCUT2D eigenvalue weighted by Crippen LogP contribution is 1.99. The van der Waals surface area contributed by atoms with Gasteiger partial charge in [0.15, 0.2) is 0 Å². The van der Waals surface area contributed by atoms with E-state index in [2.05, 4.69) is 0 Å². The lowest BCUT2D eigenvalue weighted by atomic mass is 10.1. The molecule has 0 aromatic rings. The van der Waals surface area contributed by atoms with Gasteiger partial charge >= 0.3 is 0 Å². The van der Waals surface area contributed by atoms with Gasteiger partial charge in [0.25, 0.3) is 0 Å².